The number of hydrogen-bond acceptors (Lipinski definition) is 2. The van der Waals surface area contributed by atoms with Crippen LogP contribution in [0.2, 0.25) is 0 Å². The van der Waals surface area contributed by atoms with Gasteiger partial charge in [-0.05, 0) is 30.9 Å². The molecule has 6 heteroatoms. The molecular weight excluding hydrogens is 358 g/mol. The van der Waals surface area contributed by atoms with Gasteiger partial charge in [0, 0.05) is 13.1 Å². The number of likely N-dealkylation sites (tertiary alicyclic amines) is 1. The zero-order chi connectivity index (χ0) is 13.0. The molecule has 0 saturated carbocycles. The first kappa shape index (κ1) is 16.1. The second-order valence-electron chi connectivity index (χ2n) is 4.81. The molecule has 2 rings (SSSR count). The van der Waals surface area contributed by atoms with Crippen molar-refractivity contribution in [1.29, 1.82) is 0 Å². The molecule has 1 saturated heterocycles. The molecule has 0 bridgehead atoms. The highest BCUT2D eigenvalue weighted by atomic mass is 127. The molecule has 19 heavy (non-hydrogen) atoms. The maximum Gasteiger partial charge on any atom is 0.191 e. The van der Waals surface area contributed by atoms with Crippen LogP contribution in [-0.2, 0) is 6.54 Å². The van der Waals surface area contributed by atoms with Crippen molar-refractivity contribution in [1.82, 2.24) is 9.88 Å². The van der Waals surface area contributed by atoms with Gasteiger partial charge in [-0.25, -0.2) is 9.38 Å². The Balaban J connectivity index is 0.00000180. The summed E-state index contributed by atoms with van der Waals surface area (Å²) in [6, 6.07) is 3.01. The molecule has 0 spiro atoms. The second kappa shape index (κ2) is 7.62. The van der Waals surface area contributed by atoms with Crippen LogP contribution in [0, 0.1) is 11.7 Å². The van der Waals surface area contributed by atoms with Gasteiger partial charge >= 0.3 is 0 Å². The van der Waals surface area contributed by atoms with Gasteiger partial charge in [0.2, 0.25) is 0 Å². The van der Waals surface area contributed by atoms with E-state index in [0.29, 0.717) is 12.5 Å². The minimum atomic E-state index is -0.333. The minimum absolute atomic E-state index is 0. The van der Waals surface area contributed by atoms with Crippen molar-refractivity contribution in [3.8, 4) is 0 Å². The molecular formula is C13H20FIN4. The van der Waals surface area contributed by atoms with Gasteiger partial charge in [0.1, 0.15) is 5.82 Å². The van der Waals surface area contributed by atoms with Gasteiger partial charge in [-0.2, -0.15) is 0 Å². The Hall–Kier alpha value is -0.920. The summed E-state index contributed by atoms with van der Waals surface area (Å²) < 4.78 is 12.7. The van der Waals surface area contributed by atoms with E-state index in [0.717, 1.165) is 37.5 Å². The first-order valence-electron chi connectivity index (χ1n) is 6.30. The van der Waals surface area contributed by atoms with Crippen molar-refractivity contribution in [3.63, 3.8) is 0 Å². The van der Waals surface area contributed by atoms with Gasteiger partial charge in [0.25, 0.3) is 0 Å². The standard InChI is InChI=1S/C13H19FN4.HI/c1-10-4-6-18(7-5-10)13(15)17-9-12-3-2-11(14)8-16-12;/h2-3,8,10H,4-7,9H2,1H3,(H2,15,17);1H. The number of aliphatic imine (C=N–C) groups is 1. The lowest BCUT2D eigenvalue weighted by molar-refractivity contribution is 0.277. The largest absolute Gasteiger partial charge is 0.370 e. The zero-order valence-electron chi connectivity index (χ0n) is 11.1. The van der Waals surface area contributed by atoms with Crippen LogP contribution in [0.3, 0.4) is 0 Å². The Bertz CT molecular complexity index is 413. The van der Waals surface area contributed by atoms with Crippen molar-refractivity contribution >= 4 is 29.9 Å². The lowest BCUT2D eigenvalue weighted by atomic mass is 10.00. The molecule has 1 fully saturated rings. The summed E-state index contributed by atoms with van der Waals surface area (Å²) in [5, 5.41) is 0. The summed E-state index contributed by atoms with van der Waals surface area (Å²) in [6.07, 6.45) is 3.51. The molecule has 0 aromatic carbocycles. The molecule has 1 aliphatic rings. The van der Waals surface area contributed by atoms with E-state index in [1.807, 2.05) is 0 Å². The summed E-state index contributed by atoms with van der Waals surface area (Å²) >= 11 is 0. The fourth-order valence-electron chi connectivity index (χ4n) is 2.00. The number of rotatable bonds is 2. The molecule has 0 aliphatic carbocycles. The summed E-state index contributed by atoms with van der Waals surface area (Å²) in [5.74, 6) is 1.00. The molecule has 2 heterocycles. The third-order valence-corrected chi connectivity index (χ3v) is 3.30. The fraction of sp³-hybridized carbons (Fsp3) is 0.538. The smallest absolute Gasteiger partial charge is 0.191 e. The molecule has 1 aromatic rings. The number of pyridine rings is 1. The summed E-state index contributed by atoms with van der Waals surface area (Å²) in [5.41, 5.74) is 6.67. The summed E-state index contributed by atoms with van der Waals surface area (Å²) in [4.78, 5) is 10.4. The number of aromatic nitrogens is 1. The lowest BCUT2D eigenvalue weighted by Gasteiger charge is -2.30. The third-order valence-electron chi connectivity index (χ3n) is 3.30. The zero-order valence-corrected chi connectivity index (χ0v) is 13.4. The lowest BCUT2D eigenvalue weighted by Crippen LogP contribution is -2.42. The van der Waals surface area contributed by atoms with Crippen LogP contribution in [0.4, 0.5) is 4.39 Å². The average Bonchev–Trinajstić information content (AvgIpc) is 2.38. The Kier molecular flexibility index (Phi) is 6.47. The number of nitrogens with two attached hydrogens (primary N) is 1. The first-order chi connectivity index (χ1) is 8.65. The Morgan fingerprint density at radius 1 is 1.47 bits per heavy atom. The van der Waals surface area contributed by atoms with Gasteiger partial charge in [0.05, 0.1) is 18.4 Å². The van der Waals surface area contributed by atoms with E-state index in [1.165, 1.54) is 12.3 Å². The molecule has 106 valence electrons. The van der Waals surface area contributed by atoms with Gasteiger partial charge < -0.3 is 10.6 Å². The molecule has 2 N–H and O–H groups in total. The summed E-state index contributed by atoms with van der Waals surface area (Å²) in [7, 11) is 0. The normalized spacial score (nSPS) is 17.2. The fourth-order valence-corrected chi connectivity index (χ4v) is 2.00. The highest BCUT2D eigenvalue weighted by Crippen LogP contribution is 2.15. The van der Waals surface area contributed by atoms with Gasteiger partial charge in [-0.15, -0.1) is 24.0 Å². The van der Waals surface area contributed by atoms with Crippen molar-refractivity contribution < 1.29 is 4.39 Å². The van der Waals surface area contributed by atoms with Crippen molar-refractivity contribution in [2.24, 2.45) is 16.6 Å². The average molecular weight is 378 g/mol. The number of hydrogen-bond donors (Lipinski definition) is 1. The van der Waals surface area contributed by atoms with Crippen LogP contribution in [0.15, 0.2) is 23.3 Å². The van der Waals surface area contributed by atoms with Crippen LogP contribution in [0.25, 0.3) is 0 Å². The van der Waals surface area contributed by atoms with Crippen LogP contribution in [-0.4, -0.2) is 28.9 Å². The van der Waals surface area contributed by atoms with E-state index >= 15 is 0 Å². The number of guanidine groups is 1. The van der Waals surface area contributed by atoms with E-state index in [-0.39, 0.29) is 29.8 Å². The van der Waals surface area contributed by atoms with Crippen LogP contribution in [0.1, 0.15) is 25.5 Å². The van der Waals surface area contributed by atoms with Gasteiger partial charge in [-0.3, -0.25) is 4.98 Å². The monoisotopic (exact) mass is 378 g/mol. The molecule has 0 unspecified atom stereocenters. The number of piperidine rings is 1. The van der Waals surface area contributed by atoms with Crippen LogP contribution < -0.4 is 5.73 Å². The molecule has 0 radical (unpaired) electrons. The molecule has 4 nitrogen and oxygen atoms in total. The van der Waals surface area contributed by atoms with Gasteiger partial charge in [-0.1, -0.05) is 6.92 Å². The maximum absolute atomic E-state index is 12.7. The van der Waals surface area contributed by atoms with Crippen LogP contribution >= 0.6 is 24.0 Å². The van der Waals surface area contributed by atoms with Crippen LogP contribution in [0.5, 0.6) is 0 Å². The minimum Gasteiger partial charge on any atom is -0.370 e. The number of halogens is 2. The van der Waals surface area contributed by atoms with E-state index in [9.17, 15) is 4.39 Å². The number of nitrogens with zero attached hydrogens (tertiary/aromatic N) is 3. The predicted octanol–water partition coefficient (Wildman–Crippen LogP) is 2.39. The van der Waals surface area contributed by atoms with E-state index < -0.39 is 0 Å². The molecule has 0 atom stereocenters. The molecule has 1 aliphatic heterocycles. The Labute approximate surface area is 130 Å². The van der Waals surface area contributed by atoms with E-state index in [1.54, 1.807) is 6.07 Å². The maximum atomic E-state index is 12.7. The highest BCUT2D eigenvalue weighted by molar-refractivity contribution is 14.0. The van der Waals surface area contributed by atoms with Crippen molar-refractivity contribution in [2.45, 2.75) is 26.3 Å². The predicted molar refractivity (Wildman–Crippen MR) is 84.9 cm³/mol. The van der Waals surface area contributed by atoms with Crippen molar-refractivity contribution in [2.75, 3.05) is 13.1 Å². The first-order valence-corrected chi connectivity index (χ1v) is 6.30. The van der Waals surface area contributed by atoms with Gasteiger partial charge in [0.15, 0.2) is 5.96 Å². The molecule has 1 aromatic heterocycles. The summed E-state index contributed by atoms with van der Waals surface area (Å²) in [6.45, 7) is 4.59. The van der Waals surface area contributed by atoms with Crippen molar-refractivity contribution in [3.05, 3.63) is 29.8 Å². The third kappa shape index (κ3) is 4.93. The Morgan fingerprint density at radius 3 is 2.74 bits per heavy atom. The van der Waals surface area contributed by atoms with E-state index in [4.69, 9.17) is 5.73 Å². The topological polar surface area (TPSA) is 54.5 Å². The SMILES string of the molecule is CC1CCN(C(N)=NCc2ccc(F)cn2)CC1.I. The quantitative estimate of drug-likeness (QED) is 0.489. The second-order valence-corrected chi connectivity index (χ2v) is 4.81. The molecule has 0 amide bonds. The Morgan fingerprint density at radius 2 is 2.16 bits per heavy atom. The van der Waals surface area contributed by atoms with E-state index in [2.05, 4.69) is 21.8 Å². The highest BCUT2D eigenvalue weighted by Gasteiger charge is 2.16.